The minimum atomic E-state index is 0.515. The van der Waals surface area contributed by atoms with E-state index >= 15 is 0 Å². The molecule has 0 amide bonds. The highest BCUT2D eigenvalue weighted by molar-refractivity contribution is 5.81. The molecule has 2 heterocycles. The van der Waals surface area contributed by atoms with Crippen molar-refractivity contribution >= 4 is 12.2 Å². The van der Waals surface area contributed by atoms with Crippen LogP contribution in [-0.4, -0.2) is 62.5 Å². The van der Waals surface area contributed by atoms with Gasteiger partial charge in [0, 0.05) is 19.3 Å². The maximum atomic E-state index is 6.21. The van der Waals surface area contributed by atoms with E-state index in [1.54, 1.807) is 0 Å². The Balaban J connectivity index is 1.11. The van der Waals surface area contributed by atoms with E-state index in [2.05, 4.69) is 32.0 Å². The van der Waals surface area contributed by atoms with Crippen LogP contribution in [-0.2, 0) is 4.74 Å². The lowest BCUT2D eigenvalue weighted by molar-refractivity contribution is -0.0209. The molecule has 152 valence electrons. The lowest BCUT2D eigenvalue weighted by atomic mass is 9.63. The van der Waals surface area contributed by atoms with Gasteiger partial charge < -0.3 is 15.0 Å². The van der Waals surface area contributed by atoms with Crippen LogP contribution in [0.1, 0.15) is 64.2 Å². The maximum Gasteiger partial charge on any atom is 0.212 e. The number of hydrogen-bond donors (Lipinski definition) is 2. The Bertz CT molecular complexity index is 511. The fourth-order valence-corrected chi connectivity index (χ4v) is 5.30. The first-order valence-corrected chi connectivity index (χ1v) is 11.2. The van der Waals surface area contributed by atoms with Gasteiger partial charge in [-0.15, -0.1) is 0 Å². The van der Waals surface area contributed by atoms with Crippen LogP contribution in [0, 0.1) is 11.3 Å². The third-order valence-electron chi connectivity index (χ3n) is 7.17. The Kier molecular flexibility index (Phi) is 6.66. The molecule has 2 saturated carbocycles. The molecule has 6 heteroatoms. The summed E-state index contributed by atoms with van der Waals surface area (Å²) in [6, 6.07) is 0. The summed E-state index contributed by atoms with van der Waals surface area (Å²) in [6.07, 6.45) is 15.9. The SMILES string of the molecule is C(=N\NC1=NCCN1)/C1CCC2(CC1)CCC(OCCN1CCCC1)CC2. The third-order valence-corrected chi connectivity index (χ3v) is 7.17. The summed E-state index contributed by atoms with van der Waals surface area (Å²) in [5.41, 5.74) is 3.63. The summed E-state index contributed by atoms with van der Waals surface area (Å²) in [6.45, 7) is 6.41. The predicted molar refractivity (Wildman–Crippen MR) is 110 cm³/mol. The van der Waals surface area contributed by atoms with Crippen molar-refractivity contribution in [1.29, 1.82) is 0 Å². The first-order valence-electron chi connectivity index (χ1n) is 11.2. The highest BCUT2D eigenvalue weighted by atomic mass is 16.5. The summed E-state index contributed by atoms with van der Waals surface area (Å²) >= 11 is 0. The fourth-order valence-electron chi connectivity index (χ4n) is 5.30. The van der Waals surface area contributed by atoms with E-state index in [4.69, 9.17) is 4.74 Å². The topological polar surface area (TPSA) is 61.3 Å². The largest absolute Gasteiger partial charge is 0.377 e. The van der Waals surface area contributed by atoms with Crippen LogP contribution < -0.4 is 10.7 Å². The van der Waals surface area contributed by atoms with Gasteiger partial charge in [0.15, 0.2) is 0 Å². The smallest absolute Gasteiger partial charge is 0.212 e. The van der Waals surface area contributed by atoms with Gasteiger partial charge in [-0.05, 0) is 88.6 Å². The molecule has 0 atom stereocenters. The molecule has 1 spiro atoms. The quantitative estimate of drug-likeness (QED) is 0.554. The number of hydrogen-bond acceptors (Lipinski definition) is 6. The summed E-state index contributed by atoms with van der Waals surface area (Å²) in [7, 11) is 0. The van der Waals surface area contributed by atoms with Gasteiger partial charge in [0.25, 0.3) is 0 Å². The van der Waals surface area contributed by atoms with Crippen molar-refractivity contribution in [2.45, 2.75) is 70.3 Å². The average Bonchev–Trinajstić information content (AvgIpc) is 3.40. The van der Waals surface area contributed by atoms with Gasteiger partial charge in [0.1, 0.15) is 0 Å². The van der Waals surface area contributed by atoms with Gasteiger partial charge in [-0.1, -0.05) is 0 Å². The first-order chi connectivity index (χ1) is 13.3. The molecule has 4 aliphatic rings. The summed E-state index contributed by atoms with van der Waals surface area (Å²) in [5, 5.41) is 7.58. The van der Waals surface area contributed by atoms with Crippen LogP contribution in [0.2, 0.25) is 0 Å². The second-order valence-electron chi connectivity index (χ2n) is 9.00. The molecule has 4 rings (SSSR count). The Morgan fingerprint density at radius 1 is 1.15 bits per heavy atom. The van der Waals surface area contributed by atoms with E-state index in [9.17, 15) is 0 Å². The molecular formula is C21H37N5O. The zero-order valence-corrected chi connectivity index (χ0v) is 16.8. The van der Waals surface area contributed by atoms with E-state index in [1.807, 2.05) is 0 Å². The van der Waals surface area contributed by atoms with E-state index in [1.165, 1.54) is 77.3 Å². The van der Waals surface area contributed by atoms with Crippen LogP contribution in [0.5, 0.6) is 0 Å². The second kappa shape index (κ2) is 9.37. The number of aliphatic imine (C=N–C) groups is 1. The summed E-state index contributed by atoms with van der Waals surface area (Å²) in [4.78, 5) is 6.86. The predicted octanol–water partition coefficient (Wildman–Crippen LogP) is 2.75. The minimum absolute atomic E-state index is 0.515. The zero-order chi connectivity index (χ0) is 18.4. The van der Waals surface area contributed by atoms with Crippen molar-refractivity contribution in [2.24, 2.45) is 21.4 Å². The Morgan fingerprint density at radius 2 is 1.89 bits per heavy atom. The molecule has 6 nitrogen and oxygen atoms in total. The van der Waals surface area contributed by atoms with Gasteiger partial charge in [0.2, 0.25) is 5.96 Å². The maximum absolute atomic E-state index is 6.21. The molecule has 0 bridgehead atoms. The van der Waals surface area contributed by atoms with Crippen LogP contribution in [0.4, 0.5) is 0 Å². The van der Waals surface area contributed by atoms with Crippen molar-refractivity contribution < 1.29 is 4.74 Å². The molecule has 2 aliphatic carbocycles. The van der Waals surface area contributed by atoms with Crippen molar-refractivity contribution in [3.05, 3.63) is 0 Å². The standard InChI is InChI=1S/C21H37N5O/c1-2-14-26(13-1)15-16-27-19-5-9-21(10-6-19)7-3-18(4-8-21)17-24-25-20-22-11-12-23-20/h17-19H,1-16H2,(H2,22,23,25)/b24-17+. The number of likely N-dealkylation sites (tertiary alicyclic amines) is 1. The third kappa shape index (κ3) is 5.44. The van der Waals surface area contributed by atoms with E-state index in [0.29, 0.717) is 17.4 Å². The van der Waals surface area contributed by atoms with Gasteiger partial charge in [-0.2, -0.15) is 5.10 Å². The van der Waals surface area contributed by atoms with E-state index < -0.39 is 0 Å². The Hall–Kier alpha value is -1.14. The lowest BCUT2D eigenvalue weighted by Gasteiger charge is -2.44. The Morgan fingerprint density at radius 3 is 2.59 bits per heavy atom. The number of guanidine groups is 1. The number of hydrazone groups is 1. The van der Waals surface area contributed by atoms with Crippen molar-refractivity contribution in [3.63, 3.8) is 0 Å². The highest BCUT2D eigenvalue weighted by Gasteiger charge is 2.38. The van der Waals surface area contributed by atoms with Crippen molar-refractivity contribution in [3.8, 4) is 0 Å². The fraction of sp³-hybridized carbons (Fsp3) is 0.905. The Labute approximate surface area is 164 Å². The average molecular weight is 376 g/mol. The molecule has 0 radical (unpaired) electrons. The molecule has 27 heavy (non-hydrogen) atoms. The zero-order valence-electron chi connectivity index (χ0n) is 16.8. The highest BCUT2D eigenvalue weighted by Crippen LogP contribution is 2.49. The van der Waals surface area contributed by atoms with Crippen molar-refractivity contribution in [1.82, 2.24) is 15.6 Å². The first kappa shape index (κ1) is 19.2. The number of nitrogens with one attached hydrogen (secondary N) is 2. The van der Waals surface area contributed by atoms with Crippen molar-refractivity contribution in [2.75, 3.05) is 39.3 Å². The molecule has 2 N–H and O–H groups in total. The summed E-state index contributed by atoms with van der Waals surface area (Å²) in [5.74, 6) is 1.45. The van der Waals surface area contributed by atoms with Crippen LogP contribution >= 0.6 is 0 Å². The molecule has 3 fully saturated rings. The number of rotatable bonds is 6. The van der Waals surface area contributed by atoms with E-state index in [-0.39, 0.29) is 0 Å². The van der Waals surface area contributed by atoms with Crippen LogP contribution in [0.15, 0.2) is 10.1 Å². The van der Waals surface area contributed by atoms with Gasteiger partial charge in [0.05, 0.1) is 19.3 Å². The number of ether oxygens (including phenoxy) is 1. The monoisotopic (exact) mass is 375 g/mol. The molecule has 1 saturated heterocycles. The van der Waals surface area contributed by atoms with Gasteiger partial charge >= 0.3 is 0 Å². The van der Waals surface area contributed by atoms with Gasteiger partial charge in [-0.3, -0.25) is 0 Å². The number of nitrogens with zero attached hydrogens (tertiary/aromatic N) is 3. The molecule has 0 aromatic carbocycles. The normalized spacial score (nSPS) is 34.9. The summed E-state index contributed by atoms with van der Waals surface area (Å²) < 4.78 is 6.21. The second-order valence-corrected chi connectivity index (χ2v) is 9.00. The molecule has 2 aliphatic heterocycles. The molecule has 0 aromatic rings. The van der Waals surface area contributed by atoms with E-state index in [0.717, 1.165) is 32.2 Å². The molecule has 0 unspecified atom stereocenters. The molecule has 0 aromatic heterocycles. The van der Waals surface area contributed by atoms with Gasteiger partial charge in [-0.25, -0.2) is 10.4 Å². The minimum Gasteiger partial charge on any atom is -0.377 e. The van der Waals surface area contributed by atoms with Crippen LogP contribution in [0.25, 0.3) is 0 Å². The lowest BCUT2D eigenvalue weighted by Crippen LogP contribution is -2.36. The van der Waals surface area contributed by atoms with Crippen LogP contribution in [0.3, 0.4) is 0 Å². The molecular weight excluding hydrogens is 338 g/mol.